The number of piperidine rings is 3. The quantitative estimate of drug-likeness (QED) is 0.878. The molecule has 5 heteroatoms. The first-order chi connectivity index (χ1) is 10.3. The van der Waals surface area contributed by atoms with Gasteiger partial charge in [-0.25, -0.2) is 0 Å². The van der Waals surface area contributed by atoms with Crippen LogP contribution in [0.4, 0.5) is 0 Å². The van der Waals surface area contributed by atoms with Gasteiger partial charge in [-0.15, -0.1) is 12.4 Å². The van der Waals surface area contributed by atoms with Gasteiger partial charge in [0, 0.05) is 41.8 Å². The lowest BCUT2D eigenvalue weighted by atomic mass is 9.82. The minimum Gasteiger partial charge on any atom is -0.361 e. The Hall–Kier alpha value is -1.52. The molecule has 1 aromatic carbocycles. The molecule has 6 rings (SSSR count). The van der Waals surface area contributed by atoms with Crippen molar-refractivity contribution in [3.8, 4) is 0 Å². The van der Waals surface area contributed by atoms with Crippen molar-refractivity contribution < 1.29 is 4.79 Å². The van der Waals surface area contributed by atoms with Gasteiger partial charge >= 0.3 is 0 Å². The number of amides is 1. The molecule has 5 heterocycles. The molecule has 3 saturated heterocycles. The largest absolute Gasteiger partial charge is 0.361 e. The Bertz CT molecular complexity index is 733. The third kappa shape index (κ3) is 1.83. The highest BCUT2D eigenvalue weighted by molar-refractivity contribution is 6.09. The molecule has 1 aromatic heterocycles. The summed E-state index contributed by atoms with van der Waals surface area (Å²) in [5.41, 5.74) is 3.24. The minimum atomic E-state index is 0. The van der Waals surface area contributed by atoms with Gasteiger partial charge in [-0.2, -0.15) is 0 Å². The number of carbonyl (C=O) groups excluding carboxylic acids is 1. The van der Waals surface area contributed by atoms with Gasteiger partial charge in [-0.3, -0.25) is 4.79 Å². The van der Waals surface area contributed by atoms with Crippen LogP contribution in [0.2, 0.25) is 0 Å². The first kappa shape index (κ1) is 14.1. The highest BCUT2D eigenvalue weighted by Crippen LogP contribution is 2.36. The molecule has 4 nitrogen and oxygen atoms in total. The Morgan fingerprint density at radius 2 is 2.00 bits per heavy atom. The van der Waals surface area contributed by atoms with Crippen LogP contribution in [0.3, 0.4) is 0 Å². The van der Waals surface area contributed by atoms with Crippen molar-refractivity contribution in [1.29, 1.82) is 0 Å². The van der Waals surface area contributed by atoms with Crippen LogP contribution < -0.4 is 0 Å². The molecule has 0 saturated carbocycles. The van der Waals surface area contributed by atoms with Crippen LogP contribution in [0.25, 0.3) is 10.9 Å². The number of nitrogens with one attached hydrogen (secondary N) is 1. The molecule has 0 radical (unpaired) electrons. The van der Waals surface area contributed by atoms with E-state index in [2.05, 4.69) is 27.0 Å². The fourth-order valence-corrected chi connectivity index (χ4v) is 4.52. The van der Waals surface area contributed by atoms with Gasteiger partial charge in [0.1, 0.15) is 0 Å². The van der Waals surface area contributed by atoms with Gasteiger partial charge in [-0.05, 0) is 49.5 Å². The van der Waals surface area contributed by atoms with Crippen molar-refractivity contribution >= 4 is 29.2 Å². The van der Waals surface area contributed by atoms with E-state index < -0.39 is 0 Å². The topological polar surface area (TPSA) is 39.3 Å². The summed E-state index contributed by atoms with van der Waals surface area (Å²) in [4.78, 5) is 20.9. The zero-order valence-electron chi connectivity index (χ0n) is 12.4. The number of hydrogen-bond acceptors (Lipinski definition) is 2. The Balaban J connectivity index is 0.00000125. The van der Waals surface area contributed by atoms with Crippen LogP contribution in [0.5, 0.6) is 0 Å². The van der Waals surface area contributed by atoms with Gasteiger partial charge in [0.2, 0.25) is 0 Å². The molecule has 116 valence electrons. The van der Waals surface area contributed by atoms with Crippen molar-refractivity contribution in [2.75, 3.05) is 19.6 Å². The van der Waals surface area contributed by atoms with E-state index in [4.69, 9.17) is 0 Å². The van der Waals surface area contributed by atoms with Crippen molar-refractivity contribution in [2.24, 2.45) is 5.92 Å². The van der Waals surface area contributed by atoms with E-state index in [-0.39, 0.29) is 18.3 Å². The zero-order chi connectivity index (χ0) is 14.0. The molecule has 0 unspecified atom stereocenters. The average molecular weight is 318 g/mol. The summed E-state index contributed by atoms with van der Waals surface area (Å²) in [5.74, 6) is 0.921. The van der Waals surface area contributed by atoms with E-state index in [9.17, 15) is 4.79 Å². The van der Waals surface area contributed by atoms with Crippen LogP contribution in [0.15, 0.2) is 24.4 Å². The summed E-state index contributed by atoms with van der Waals surface area (Å²) >= 11 is 0. The molecule has 4 aliphatic rings. The Morgan fingerprint density at radius 3 is 2.73 bits per heavy atom. The number of hydrogen-bond donors (Lipinski definition) is 1. The number of nitrogens with zero attached hydrogens (tertiary/aromatic N) is 2. The van der Waals surface area contributed by atoms with Crippen molar-refractivity contribution in [3.63, 3.8) is 0 Å². The number of carbonyl (C=O) groups is 1. The molecule has 1 atom stereocenters. The number of benzene rings is 1. The maximum Gasteiger partial charge on any atom is 0.255 e. The van der Waals surface area contributed by atoms with Gasteiger partial charge in [0.25, 0.3) is 5.91 Å². The summed E-state index contributed by atoms with van der Waals surface area (Å²) in [7, 11) is 0. The summed E-state index contributed by atoms with van der Waals surface area (Å²) in [6.07, 6.45) is 4.58. The highest BCUT2D eigenvalue weighted by atomic mass is 35.5. The molecule has 1 amide bonds. The fraction of sp³-hybridized carbons (Fsp3) is 0.471. The molecule has 4 aliphatic heterocycles. The molecular weight excluding hydrogens is 298 g/mol. The van der Waals surface area contributed by atoms with Crippen LogP contribution in [0, 0.1) is 5.92 Å². The molecule has 3 fully saturated rings. The number of fused-ring (bicyclic) bond motifs is 3. The number of aromatic amines is 1. The molecule has 1 N–H and O–H groups in total. The zero-order valence-corrected chi connectivity index (χ0v) is 13.2. The van der Waals surface area contributed by atoms with Gasteiger partial charge in [-0.1, -0.05) is 6.07 Å². The molecule has 2 aromatic rings. The van der Waals surface area contributed by atoms with Crippen molar-refractivity contribution in [2.45, 2.75) is 25.4 Å². The lowest BCUT2D eigenvalue weighted by Gasteiger charge is -2.49. The number of H-pyrrole nitrogens is 1. The predicted octanol–water partition coefficient (Wildman–Crippen LogP) is 2.64. The van der Waals surface area contributed by atoms with E-state index >= 15 is 0 Å². The Kier molecular flexibility index (Phi) is 3.20. The lowest BCUT2D eigenvalue weighted by molar-refractivity contribution is 0.00408. The van der Waals surface area contributed by atoms with E-state index in [1.54, 1.807) is 0 Å². The molecular formula is C17H20ClN3O. The van der Waals surface area contributed by atoms with E-state index in [0.717, 1.165) is 29.6 Å². The van der Waals surface area contributed by atoms with Crippen LogP contribution in [0.1, 0.15) is 28.8 Å². The SMILES string of the molecule is Cl.O=C1c2cccc3[nH]cc(c23)CN1[C@H]1CN2CCC1CC2. The lowest BCUT2D eigenvalue weighted by Crippen LogP contribution is -2.58. The van der Waals surface area contributed by atoms with Gasteiger partial charge < -0.3 is 14.8 Å². The van der Waals surface area contributed by atoms with E-state index in [1.807, 2.05) is 12.1 Å². The summed E-state index contributed by atoms with van der Waals surface area (Å²) in [5, 5.41) is 1.14. The molecule has 0 spiro atoms. The number of halogens is 1. The van der Waals surface area contributed by atoms with Crippen LogP contribution in [-0.2, 0) is 6.54 Å². The second kappa shape index (κ2) is 5.00. The third-order valence-electron chi connectivity index (χ3n) is 5.64. The van der Waals surface area contributed by atoms with E-state index in [0.29, 0.717) is 12.0 Å². The number of aromatic nitrogens is 1. The maximum absolute atomic E-state index is 13.0. The normalized spacial score (nSPS) is 29.7. The first-order valence-electron chi connectivity index (χ1n) is 7.93. The second-order valence-electron chi connectivity index (χ2n) is 6.68. The third-order valence-corrected chi connectivity index (χ3v) is 5.64. The Morgan fingerprint density at radius 1 is 1.18 bits per heavy atom. The molecule has 2 bridgehead atoms. The van der Waals surface area contributed by atoms with E-state index in [1.165, 1.54) is 31.5 Å². The second-order valence-corrected chi connectivity index (χ2v) is 6.68. The maximum atomic E-state index is 13.0. The smallest absolute Gasteiger partial charge is 0.255 e. The Labute approximate surface area is 135 Å². The standard InChI is InChI=1S/C17H19N3O.ClH/c21-17-13-2-1-3-14-16(13)12(8-18-14)9-20(17)15-10-19-6-4-11(15)5-7-19;/h1-3,8,11,15,18H,4-7,9-10H2;1H/t15-;/m0./s1. The minimum absolute atomic E-state index is 0. The van der Waals surface area contributed by atoms with Gasteiger partial charge in [0.05, 0.1) is 0 Å². The number of rotatable bonds is 1. The predicted molar refractivity (Wildman–Crippen MR) is 88.4 cm³/mol. The summed E-state index contributed by atoms with van der Waals surface area (Å²) < 4.78 is 0. The average Bonchev–Trinajstić information content (AvgIpc) is 2.96. The molecule has 0 aliphatic carbocycles. The molecule has 22 heavy (non-hydrogen) atoms. The summed E-state index contributed by atoms with van der Waals surface area (Å²) in [6, 6.07) is 6.42. The fourth-order valence-electron chi connectivity index (χ4n) is 4.52. The summed E-state index contributed by atoms with van der Waals surface area (Å²) in [6.45, 7) is 4.26. The monoisotopic (exact) mass is 317 g/mol. The van der Waals surface area contributed by atoms with Crippen molar-refractivity contribution in [1.82, 2.24) is 14.8 Å². The highest BCUT2D eigenvalue weighted by Gasteiger charge is 2.41. The van der Waals surface area contributed by atoms with Crippen LogP contribution >= 0.6 is 12.4 Å². The van der Waals surface area contributed by atoms with Gasteiger partial charge in [0.15, 0.2) is 0 Å². The first-order valence-corrected chi connectivity index (χ1v) is 7.93. The van der Waals surface area contributed by atoms with Crippen LogP contribution in [-0.4, -0.2) is 46.4 Å². The van der Waals surface area contributed by atoms with Crippen molar-refractivity contribution in [3.05, 3.63) is 35.5 Å².